The van der Waals surface area contributed by atoms with E-state index < -0.39 is 12.1 Å². The van der Waals surface area contributed by atoms with Gasteiger partial charge in [0.1, 0.15) is 0 Å². The molecule has 0 unspecified atom stereocenters. The van der Waals surface area contributed by atoms with Crippen LogP contribution in [-0.4, -0.2) is 26.0 Å². The lowest BCUT2D eigenvalue weighted by atomic mass is 10.1. The van der Waals surface area contributed by atoms with Gasteiger partial charge < -0.3 is 9.84 Å². The number of hydrogen-bond acceptors (Lipinski definition) is 6. The molecule has 0 fully saturated rings. The summed E-state index contributed by atoms with van der Waals surface area (Å²) in [5.74, 6) is -1.13. The van der Waals surface area contributed by atoms with E-state index >= 15 is 0 Å². The number of rotatable bonds is 7. The predicted molar refractivity (Wildman–Crippen MR) is 72.1 cm³/mol. The molecule has 0 atom stereocenters. The Morgan fingerprint density at radius 3 is 2.70 bits per heavy atom. The zero-order chi connectivity index (χ0) is 16.7. The smallest absolute Gasteiger partial charge is 0.329 e. The Kier molecular flexibility index (Phi) is 5.61. The van der Waals surface area contributed by atoms with Gasteiger partial charge in [0, 0.05) is 25.2 Å². The van der Waals surface area contributed by atoms with Gasteiger partial charge in [0.05, 0.1) is 6.20 Å². The molecule has 1 amide bonds. The highest BCUT2D eigenvalue weighted by Gasteiger charge is 2.38. The third kappa shape index (κ3) is 5.64. The number of anilines is 1. The number of carbonyl (C=O) groups is 1. The number of alkyl halides is 3. The quantitative estimate of drug-likeness (QED) is 0.785. The van der Waals surface area contributed by atoms with E-state index in [0.29, 0.717) is 25.1 Å². The first-order valence-corrected chi connectivity index (χ1v) is 6.91. The minimum absolute atomic E-state index is 0.0151. The van der Waals surface area contributed by atoms with Crippen molar-refractivity contribution in [3.63, 3.8) is 0 Å². The number of nitrogens with one attached hydrogen (secondary N) is 1. The molecule has 0 aliphatic heterocycles. The van der Waals surface area contributed by atoms with Gasteiger partial charge in [-0.15, -0.1) is 0 Å². The average Bonchev–Trinajstić information content (AvgIpc) is 2.97. The Labute approximate surface area is 129 Å². The maximum Gasteiger partial charge on any atom is 0.471 e. The molecule has 23 heavy (non-hydrogen) atoms. The number of aryl methyl sites for hydroxylation is 1. The van der Waals surface area contributed by atoms with Crippen LogP contribution >= 0.6 is 0 Å². The van der Waals surface area contributed by atoms with Crippen LogP contribution < -0.4 is 5.32 Å². The molecule has 0 saturated carbocycles. The van der Waals surface area contributed by atoms with Gasteiger partial charge in [0.2, 0.25) is 5.91 Å². The second kappa shape index (κ2) is 7.65. The van der Waals surface area contributed by atoms with E-state index in [0.717, 1.165) is 0 Å². The van der Waals surface area contributed by atoms with Crippen molar-refractivity contribution in [1.82, 2.24) is 20.1 Å². The molecule has 2 aromatic rings. The van der Waals surface area contributed by atoms with Gasteiger partial charge in [-0.1, -0.05) is 11.6 Å². The number of unbranched alkanes of at least 4 members (excludes halogenated alkanes) is 2. The van der Waals surface area contributed by atoms with Gasteiger partial charge in [-0.25, -0.2) is 4.98 Å². The maximum absolute atomic E-state index is 12.3. The van der Waals surface area contributed by atoms with E-state index in [1.54, 1.807) is 0 Å². The Morgan fingerprint density at radius 1 is 1.22 bits per heavy atom. The van der Waals surface area contributed by atoms with Crippen LogP contribution in [0, 0.1) is 0 Å². The summed E-state index contributed by atoms with van der Waals surface area (Å²) in [6.07, 6.45) is 2.15. The lowest BCUT2D eigenvalue weighted by molar-refractivity contribution is -0.159. The van der Waals surface area contributed by atoms with Crippen LogP contribution in [0.3, 0.4) is 0 Å². The molecule has 2 heterocycles. The van der Waals surface area contributed by atoms with Crippen LogP contribution in [-0.2, 0) is 17.4 Å². The van der Waals surface area contributed by atoms with Crippen LogP contribution in [0.4, 0.5) is 19.0 Å². The lowest BCUT2D eigenvalue weighted by Crippen LogP contribution is -2.12. The van der Waals surface area contributed by atoms with Crippen LogP contribution in [0.1, 0.15) is 37.4 Å². The van der Waals surface area contributed by atoms with Crippen molar-refractivity contribution >= 4 is 11.7 Å². The van der Waals surface area contributed by atoms with E-state index in [9.17, 15) is 18.0 Å². The molecular weight excluding hydrogens is 315 g/mol. The summed E-state index contributed by atoms with van der Waals surface area (Å²) in [6, 6.07) is 0. The number of nitrogens with zero attached hydrogens (tertiary/aromatic N) is 4. The molecule has 0 saturated heterocycles. The summed E-state index contributed by atoms with van der Waals surface area (Å²) in [5.41, 5.74) is 0. The largest absolute Gasteiger partial charge is 0.471 e. The van der Waals surface area contributed by atoms with Gasteiger partial charge in [-0.2, -0.15) is 18.2 Å². The molecule has 2 aromatic heterocycles. The Morgan fingerprint density at radius 2 is 2.04 bits per heavy atom. The van der Waals surface area contributed by atoms with E-state index in [-0.39, 0.29) is 24.6 Å². The van der Waals surface area contributed by atoms with E-state index in [1.807, 2.05) is 0 Å². The molecule has 0 aliphatic rings. The van der Waals surface area contributed by atoms with E-state index in [1.165, 1.54) is 18.6 Å². The highest BCUT2D eigenvalue weighted by molar-refractivity contribution is 5.89. The zero-order valence-corrected chi connectivity index (χ0v) is 12.0. The van der Waals surface area contributed by atoms with Crippen molar-refractivity contribution in [2.24, 2.45) is 0 Å². The van der Waals surface area contributed by atoms with Crippen molar-refractivity contribution in [3.05, 3.63) is 30.3 Å². The Balaban J connectivity index is 1.62. The normalized spacial score (nSPS) is 11.4. The number of aromatic nitrogens is 4. The Bertz CT molecular complexity index is 630. The second-order valence-electron chi connectivity index (χ2n) is 4.71. The number of hydrogen-bond donors (Lipinski definition) is 1. The fourth-order valence-corrected chi connectivity index (χ4v) is 1.79. The van der Waals surface area contributed by atoms with Crippen molar-refractivity contribution in [1.29, 1.82) is 0 Å². The summed E-state index contributed by atoms with van der Waals surface area (Å²) < 4.78 is 40.9. The van der Waals surface area contributed by atoms with Crippen molar-refractivity contribution in [2.45, 2.75) is 38.3 Å². The summed E-state index contributed by atoms with van der Waals surface area (Å²) >= 11 is 0. The maximum atomic E-state index is 12.3. The molecule has 0 aliphatic carbocycles. The average molecular weight is 329 g/mol. The van der Waals surface area contributed by atoms with E-state index in [2.05, 4.69) is 29.9 Å². The zero-order valence-electron chi connectivity index (χ0n) is 12.0. The molecule has 2 rings (SSSR count). The standard InChI is InChI=1S/C13H14F3N5O2/c14-13(15,16)12-20-9(21-23-12)4-2-1-3-5-11(22)19-10-8-17-6-7-18-10/h6-8H,1-5H2,(H,18,19,22). The molecular formula is C13H14F3N5O2. The number of carbonyl (C=O) groups excluding carboxylic acids is 1. The number of amides is 1. The lowest BCUT2D eigenvalue weighted by Gasteiger charge is -2.03. The van der Waals surface area contributed by atoms with Gasteiger partial charge >= 0.3 is 12.1 Å². The first kappa shape index (κ1) is 16.8. The summed E-state index contributed by atoms with van der Waals surface area (Å²) in [4.78, 5) is 22.6. The first-order chi connectivity index (χ1) is 10.9. The molecule has 0 spiro atoms. The molecule has 1 N–H and O–H groups in total. The monoisotopic (exact) mass is 329 g/mol. The highest BCUT2D eigenvalue weighted by atomic mass is 19.4. The van der Waals surface area contributed by atoms with Crippen molar-refractivity contribution < 1.29 is 22.5 Å². The summed E-state index contributed by atoms with van der Waals surface area (Å²) in [6.45, 7) is 0. The molecule has 7 nitrogen and oxygen atoms in total. The SMILES string of the molecule is O=C(CCCCCc1noc(C(F)(F)F)n1)Nc1cnccn1. The van der Waals surface area contributed by atoms with Gasteiger partial charge in [-0.3, -0.25) is 9.78 Å². The number of halogens is 3. The topological polar surface area (TPSA) is 93.8 Å². The first-order valence-electron chi connectivity index (χ1n) is 6.91. The van der Waals surface area contributed by atoms with Crippen molar-refractivity contribution in [3.8, 4) is 0 Å². The highest BCUT2D eigenvalue weighted by Crippen LogP contribution is 2.27. The van der Waals surface area contributed by atoms with Gasteiger partial charge in [0.15, 0.2) is 11.6 Å². The van der Waals surface area contributed by atoms with E-state index in [4.69, 9.17) is 0 Å². The fraction of sp³-hybridized carbons (Fsp3) is 0.462. The molecule has 0 bridgehead atoms. The Hall–Kier alpha value is -2.52. The van der Waals surface area contributed by atoms with Crippen LogP contribution in [0.5, 0.6) is 0 Å². The summed E-state index contributed by atoms with van der Waals surface area (Å²) in [5, 5.41) is 5.86. The molecule has 0 aromatic carbocycles. The molecule has 0 radical (unpaired) electrons. The second-order valence-corrected chi connectivity index (χ2v) is 4.71. The van der Waals surface area contributed by atoms with Crippen LogP contribution in [0.25, 0.3) is 0 Å². The van der Waals surface area contributed by atoms with Crippen molar-refractivity contribution in [2.75, 3.05) is 5.32 Å². The third-order valence-electron chi connectivity index (χ3n) is 2.85. The van der Waals surface area contributed by atoms with Gasteiger partial charge in [-0.05, 0) is 12.8 Å². The predicted octanol–water partition coefficient (Wildman–Crippen LogP) is 2.62. The molecule has 10 heteroatoms. The molecule has 124 valence electrons. The summed E-state index contributed by atoms with van der Waals surface area (Å²) in [7, 11) is 0. The minimum atomic E-state index is -4.62. The minimum Gasteiger partial charge on any atom is -0.329 e. The third-order valence-corrected chi connectivity index (χ3v) is 2.85. The van der Waals surface area contributed by atoms with Crippen LogP contribution in [0.15, 0.2) is 23.1 Å². The van der Waals surface area contributed by atoms with Gasteiger partial charge in [0.25, 0.3) is 0 Å². The fourth-order valence-electron chi connectivity index (χ4n) is 1.79. The van der Waals surface area contributed by atoms with Crippen LogP contribution in [0.2, 0.25) is 0 Å².